The minimum Gasteiger partial charge on any atom is -0.435 e. The summed E-state index contributed by atoms with van der Waals surface area (Å²) in [6.07, 6.45) is 16.1. The number of rotatable bonds is 13. The van der Waals surface area contributed by atoms with Crippen LogP contribution in [0.3, 0.4) is 0 Å². The summed E-state index contributed by atoms with van der Waals surface area (Å²) in [5, 5.41) is 4.85. The molecule has 0 amide bonds. The molecule has 0 saturated heterocycles. The van der Waals surface area contributed by atoms with Crippen molar-refractivity contribution >= 4 is 69.0 Å². The minimum absolute atomic E-state index is 0.682. The minimum atomic E-state index is 0.682. The molecule has 0 bridgehead atoms. The largest absolute Gasteiger partial charge is 0.435 e. The van der Waals surface area contributed by atoms with E-state index in [1.165, 1.54) is 0 Å². The van der Waals surface area contributed by atoms with E-state index in [0.29, 0.717) is 11.4 Å². The number of fused-ring (bicyclic) bond motifs is 2. The maximum atomic E-state index is 6.25. The number of anilines is 1. The van der Waals surface area contributed by atoms with Crippen LogP contribution in [0.5, 0.6) is 0 Å². The zero-order chi connectivity index (χ0) is 27.7. The van der Waals surface area contributed by atoms with Gasteiger partial charge < -0.3 is 13.7 Å². The molecule has 8 nitrogen and oxygen atoms in total. The molecule has 10 heteroatoms. The number of thiocarbonyl (C=S) groups is 2. The molecular weight excluding hydrogens is 541 g/mol. The fourth-order valence-electron chi connectivity index (χ4n) is 5.24. The zero-order valence-corrected chi connectivity index (χ0v) is 24.4. The van der Waals surface area contributed by atoms with Crippen LogP contribution >= 0.6 is 24.4 Å². The number of pyridine rings is 1. The summed E-state index contributed by atoms with van der Waals surface area (Å²) in [6.45, 7) is 5.36. The summed E-state index contributed by atoms with van der Waals surface area (Å²) in [7, 11) is 0. The number of nitrogens with zero attached hydrogens (tertiary/aromatic N) is 6. The fraction of sp³-hybridized carbons (Fsp3) is 0.433. The summed E-state index contributed by atoms with van der Waals surface area (Å²) in [5.74, 6) is 1.56. The number of oxazole rings is 2. The maximum Gasteiger partial charge on any atom is 0.370 e. The Bertz CT molecular complexity index is 1650. The van der Waals surface area contributed by atoms with Gasteiger partial charge in [0.05, 0.1) is 23.1 Å². The van der Waals surface area contributed by atoms with Crippen LogP contribution in [0.4, 0.5) is 5.82 Å². The van der Waals surface area contributed by atoms with E-state index >= 15 is 0 Å². The second-order valence-corrected chi connectivity index (χ2v) is 10.3. The quantitative estimate of drug-likeness (QED) is 0.121. The third kappa shape index (κ3) is 6.43. The lowest BCUT2D eigenvalue weighted by Crippen LogP contribution is -2.34. The monoisotopic (exact) mass is 573 g/mol. The van der Waals surface area contributed by atoms with Crippen molar-refractivity contribution in [3.63, 3.8) is 0 Å². The second-order valence-electron chi connectivity index (χ2n) is 9.97. The standard InChI is InChI=1S/C30H33N6O2S2/c1-22-23(29-33-27-25(37-29)10-8-18-35(27)16-6-2-4-14-31-20-39)12-13-24(22)30-34-28-26(38-30)11-9-19-36(28)17-7-3-5-15-32-21-40/h8-11,18-19H,2-7,12-17H2,1H3/q+1. The van der Waals surface area contributed by atoms with E-state index in [9.17, 15) is 0 Å². The molecule has 0 fully saturated rings. The van der Waals surface area contributed by atoms with E-state index in [1.807, 2.05) is 24.3 Å². The van der Waals surface area contributed by atoms with Crippen molar-refractivity contribution in [3.8, 4) is 0 Å². The van der Waals surface area contributed by atoms with Crippen LogP contribution in [0.1, 0.15) is 64.2 Å². The SMILES string of the molecule is CC1=C(c2nc3c(ccc[n+]3CCCCCN=C=S)o2)CC/C1=c1\nc2c(o1)=CC=CN2CCCCCN=C=S. The molecule has 3 aromatic rings. The van der Waals surface area contributed by atoms with Crippen molar-refractivity contribution in [2.45, 2.75) is 64.8 Å². The van der Waals surface area contributed by atoms with Crippen molar-refractivity contribution in [3.05, 3.63) is 53.0 Å². The highest BCUT2D eigenvalue weighted by Crippen LogP contribution is 2.38. The lowest BCUT2D eigenvalue weighted by Gasteiger charge is -2.18. The van der Waals surface area contributed by atoms with Gasteiger partial charge in [-0.3, -0.25) is 0 Å². The Morgan fingerprint density at radius 1 is 0.975 bits per heavy atom. The number of unbranched alkanes of at least 4 members (excludes halogenated alkanes) is 4. The fourth-order valence-corrected chi connectivity index (χ4v) is 5.42. The van der Waals surface area contributed by atoms with Gasteiger partial charge in [0.1, 0.15) is 0 Å². The van der Waals surface area contributed by atoms with Gasteiger partial charge in [0.25, 0.3) is 0 Å². The summed E-state index contributed by atoms with van der Waals surface area (Å²) < 4.78 is 14.7. The highest BCUT2D eigenvalue weighted by Gasteiger charge is 2.29. The van der Waals surface area contributed by atoms with Gasteiger partial charge in [-0.1, -0.05) is 0 Å². The van der Waals surface area contributed by atoms with Crippen LogP contribution in [0, 0.1) is 0 Å². The number of hydrogen-bond acceptors (Lipinski definition) is 9. The molecule has 0 N–H and O–H groups in total. The van der Waals surface area contributed by atoms with Gasteiger partial charge in [0.2, 0.25) is 11.1 Å². The van der Waals surface area contributed by atoms with Crippen molar-refractivity contribution in [1.29, 1.82) is 0 Å². The Morgan fingerprint density at radius 3 is 2.55 bits per heavy atom. The van der Waals surface area contributed by atoms with E-state index in [0.717, 1.165) is 117 Å². The van der Waals surface area contributed by atoms with Crippen LogP contribution in [0.2, 0.25) is 0 Å². The summed E-state index contributed by atoms with van der Waals surface area (Å²) >= 11 is 9.28. The molecular formula is C30H33N6O2S2+. The highest BCUT2D eigenvalue weighted by molar-refractivity contribution is 7.78. The van der Waals surface area contributed by atoms with Gasteiger partial charge in [0, 0.05) is 42.0 Å². The number of aryl methyl sites for hydroxylation is 1. The Morgan fingerprint density at radius 2 is 1.75 bits per heavy atom. The number of aliphatic imine (C=N–C) groups is 2. The van der Waals surface area contributed by atoms with E-state index in [4.69, 9.17) is 18.8 Å². The summed E-state index contributed by atoms with van der Waals surface area (Å²) in [4.78, 5) is 20.0. The van der Waals surface area contributed by atoms with E-state index in [2.05, 4.69) is 73.5 Å². The van der Waals surface area contributed by atoms with Gasteiger partial charge >= 0.3 is 11.5 Å². The first kappa shape index (κ1) is 28.0. The molecule has 0 spiro atoms. The van der Waals surface area contributed by atoms with Crippen LogP contribution in [-0.2, 0) is 6.54 Å². The molecule has 3 aromatic heterocycles. The molecule has 2 aliphatic rings. The molecule has 4 heterocycles. The molecule has 206 valence electrons. The van der Waals surface area contributed by atoms with Gasteiger partial charge in [0.15, 0.2) is 11.2 Å². The molecule has 0 unspecified atom stereocenters. The van der Waals surface area contributed by atoms with Crippen molar-refractivity contribution in [2.75, 3.05) is 24.5 Å². The molecule has 0 aromatic carbocycles. The molecule has 0 radical (unpaired) electrons. The van der Waals surface area contributed by atoms with Gasteiger partial charge in [-0.15, -0.1) is 0 Å². The maximum absolute atomic E-state index is 6.25. The van der Waals surface area contributed by atoms with Crippen molar-refractivity contribution in [1.82, 2.24) is 9.97 Å². The molecule has 1 aliphatic heterocycles. The predicted octanol–water partition coefficient (Wildman–Crippen LogP) is 5.18. The number of isothiocyanates is 2. The third-order valence-electron chi connectivity index (χ3n) is 7.35. The first-order valence-electron chi connectivity index (χ1n) is 13.9. The summed E-state index contributed by atoms with van der Waals surface area (Å²) in [5.41, 5.74) is 6.52. The molecule has 40 heavy (non-hydrogen) atoms. The van der Waals surface area contributed by atoms with Crippen LogP contribution in [0.15, 0.2) is 55.0 Å². The van der Waals surface area contributed by atoms with E-state index < -0.39 is 0 Å². The Kier molecular flexibility index (Phi) is 9.58. The Balaban J connectivity index is 1.33. The van der Waals surface area contributed by atoms with Gasteiger partial charge in [-0.05, 0) is 113 Å². The highest BCUT2D eigenvalue weighted by atomic mass is 32.1. The average molecular weight is 574 g/mol. The van der Waals surface area contributed by atoms with Crippen LogP contribution in [-0.4, -0.2) is 39.9 Å². The van der Waals surface area contributed by atoms with Crippen LogP contribution in [0.25, 0.3) is 28.5 Å². The zero-order valence-electron chi connectivity index (χ0n) is 22.8. The molecule has 5 rings (SSSR count). The first-order valence-corrected chi connectivity index (χ1v) is 14.7. The lowest BCUT2D eigenvalue weighted by molar-refractivity contribution is -0.673. The molecule has 0 saturated carbocycles. The van der Waals surface area contributed by atoms with E-state index in [-0.39, 0.29) is 0 Å². The number of aromatic nitrogens is 3. The van der Waals surface area contributed by atoms with Gasteiger partial charge in [-0.25, -0.2) is 14.6 Å². The third-order valence-corrected chi connectivity index (χ3v) is 7.61. The first-order chi connectivity index (χ1) is 19.7. The topological polar surface area (TPSA) is 83.9 Å². The second kappa shape index (κ2) is 13.7. The molecule has 0 atom stereocenters. The Hall–Kier alpha value is -3.55. The van der Waals surface area contributed by atoms with Gasteiger partial charge in [-0.2, -0.15) is 4.98 Å². The lowest BCUT2D eigenvalue weighted by atomic mass is 10.1. The number of hydrogen-bond donors (Lipinski definition) is 0. The summed E-state index contributed by atoms with van der Waals surface area (Å²) in [6, 6.07) is 4.00. The smallest absolute Gasteiger partial charge is 0.370 e. The van der Waals surface area contributed by atoms with E-state index in [1.54, 1.807) is 0 Å². The van der Waals surface area contributed by atoms with Crippen molar-refractivity contribution in [2.24, 2.45) is 9.98 Å². The van der Waals surface area contributed by atoms with Crippen LogP contribution < -0.4 is 20.4 Å². The predicted molar refractivity (Wildman–Crippen MR) is 164 cm³/mol. The molecule has 1 aliphatic carbocycles. The number of allylic oxidation sites excluding steroid dienone is 3. The van der Waals surface area contributed by atoms with Crippen molar-refractivity contribution < 1.29 is 13.4 Å². The Labute approximate surface area is 244 Å². The normalized spacial score (nSPS) is 15.7. The average Bonchev–Trinajstić information content (AvgIpc) is 3.69.